The Kier molecular flexibility index (Phi) is 5.68. The molecular weight excluding hydrogens is 439 g/mol. The summed E-state index contributed by atoms with van der Waals surface area (Å²) >= 11 is 0. The number of hydrogen-bond donors (Lipinski definition) is 0. The Morgan fingerprint density at radius 2 is 1.74 bits per heavy atom. The van der Waals surface area contributed by atoms with Crippen molar-refractivity contribution in [2.24, 2.45) is 0 Å². The van der Waals surface area contributed by atoms with E-state index in [-0.39, 0.29) is 32.0 Å². The zero-order valence-electron chi connectivity index (χ0n) is 15.8. The number of sulfone groups is 1. The third-order valence-electron chi connectivity index (χ3n) is 4.31. The van der Waals surface area contributed by atoms with Gasteiger partial charge in [0.15, 0.2) is 9.84 Å². The molecule has 0 aliphatic heterocycles. The van der Waals surface area contributed by atoms with Crippen molar-refractivity contribution in [3.05, 3.63) is 75.2 Å². The highest BCUT2D eigenvalue weighted by Crippen LogP contribution is 2.31. The van der Waals surface area contributed by atoms with E-state index in [1.54, 1.807) is 0 Å². The molecule has 0 saturated carbocycles. The Morgan fingerprint density at radius 3 is 2.29 bits per heavy atom. The van der Waals surface area contributed by atoms with Crippen molar-refractivity contribution in [1.82, 2.24) is 9.78 Å². The monoisotopic (exact) mass is 453 g/mol. The molecule has 162 valence electrons. The van der Waals surface area contributed by atoms with Crippen molar-refractivity contribution < 1.29 is 26.5 Å². The second-order valence-electron chi connectivity index (χ2n) is 6.62. The van der Waals surface area contributed by atoms with Gasteiger partial charge in [0.05, 0.1) is 21.6 Å². The molecule has 0 aliphatic carbocycles. The number of benzene rings is 2. The molecule has 0 atom stereocenters. The van der Waals surface area contributed by atoms with Crippen LogP contribution in [0.5, 0.6) is 0 Å². The smallest absolute Gasteiger partial charge is 0.267 e. The number of hydrogen-bond acceptors (Lipinski definition) is 6. The van der Waals surface area contributed by atoms with Crippen LogP contribution in [0.3, 0.4) is 0 Å². The first-order valence-electron chi connectivity index (χ1n) is 8.59. The van der Waals surface area contributed by atoms with Crippen LogP contribution >= 0.6 is 0 Å². The van der Waals surface area contributed by atoms with E-state index in [2.05, 4.69) is 5.10 Å². The average molecular weight is 453 g/mol. The Hall–Kier alpha value is -3.54. The van der Waals surface area contributed by atoms with Crippen molar-refractivity contribution in [1.29, 1.82) is 0 Å². The number of aromatic nitrogens is 2. The van der Waals surface area contributed by atoms with Crippen molar-refractivity contribution in [2.75, 3.05) is 6.26 Å². The SMILES string of the molecule is CS(=O)(=O)c1ccc(-c2cnn(CC(F)(F)F)c(=O)c2-c2cccc([N+](=O)[O-])c2)cc1. The largest absolute Gasteiger partial charge is 0.408 e. The van der Waals surface area contributed by atoms with E-state index in [0.717, 1.165) is 18.5 Å². The molecule has 0 spiro atoms. The van der Waals surface area contributed by atoms with Gasteiger partial charge in [-0.05, 0) is 23.3 Å². The van der Waals surface area contributed by atoms with E-state index in [1.165, 1.54) is 42.5 Å². The molecule has 2 aromatic carbocycles. The Labute approximate surface area is 173 Å². The first-order chi connectivity index (χ1) is 14.4. The van der Waals surface area contributed by atoms with Crippen molar-refractivity contribution >= 4 is 15.5 Å². The maximum atomic E-state index is 12.9. The maximum absolute atomic E-state index is 12.9. The summed E-state index contributed by atoms with van der Waals surface area (Å²) in [4.78, 5) is 23.3. The molecule has 1 aromatic heterocycles. The van der Waals surface area contributed by atoms with Crippen LogP contribution in [0.1, 0.15) is 0 Å². The molecule has 0 unspecified atom stereocenters. The number of rotatable bonds is 5. The van der Waals surface area contributed by atoms with Crippen LogP contribution in [0.2, 0.25) is 0 Å². The third-order valence-corrected chi connectivity index (χ3v) is 5.44. The fourth-order valence-corrected chi connectivity index (χ4v) is 3.56. The van der Waals surface area contributed by atoms with Gasteiger partial charge in [0.25, 0.3) is 11.2 Å². The van der Waals surface area contributed by atoms with Gasteiger partial charge in [0, 0.05) is 24.0 Å². The molecule has 0 aliphatic rings. The predicted octanol–water partition coefficient (Wildman–Crippen LogP) is 3.45. The van der Waals surface area contributed by atoms with Crippen LogP contribution in [-0.4, -0.2) is 35.6 Å². The van der Waals surface area contributed by atoms with E-state index in [1.807, 2.05) is 0 Å². The summed E-state index contributed by atoms with van der Waals surface area (Å²) in [5.41, 5.74) is -1.24. The Bertz CT molecular complexity index is 1320. The van der Waals surface area contributed by atoms with Gasteiger partial charge < -0.3 is 0 Å². The lowest BCUT2D eigenvalue weighted by Crippen LogP contribution is -2.31. The standard InChI is InChI=1S/C19H14F3N3O5S/c1-31(29,30)15-7-5-12(6-8-15)16-10-23-24(11-19(20,21)22)18(26)17(16)13-3-2-4-14(9-13)25(27)28/h2-10H,11H2,1H3. The molecule has 1 heterocycles. The highest BCUT2D eigenvalue weighted by Gasteiger charge is 2.30. The van der Waals surface area contributed by atoms with Crippen LogP contribution < -0.4 is 5.56 Å². The fraction of sp³-hybridized carbons (Fsp3) is 0.158. The van der Waals surface area contributed by atoms with Gasteiger partial charge in [0.1, 0.15) is 6.54 Å². The zero-order chi connectivity index (χ0) is 23.0. The topological polar surface area (TPSA) is 112 Å². The van der Waals surface area contributed by atoms with Gasteiger partial charge in [-0.1, -0.05) is 24.3 Å². The predicted molar refractivity (Wildman–Crippen MR) is 105 cm³/mol. The van der Waals surface area contributed by atoms with E-state index in [4.69, 9.17) is 0 Å². The summed E-state index contributed by atoms with van der Waals surface area (Å²) in [6, 6.07) is 10.2. The van der Waals surface area contributed by atoms with Gasteiger partial charge in [0.2, 0.25) is 0 Å². The molecule has 12 heteroatoms. The number of nitrogens with zero attached hydrogens (tertiary/aromatic N) is 3. The minimum absolute atomic E-state index is 0.00604. The second-order valence-corrected chi connectivity index (χ2v) is 8.63. The summed E-state index contributed by atoms with van der Waals surface area (Å²) in [6.45, 7) is -1.64. The Morgan fingerprint density at radius 1 is 1.10 bits per heavy atom. The lowest BCUT2D eigenvalue weighted by Gasteiger charge is -2.14. The first-order valence-corrected chi connectivity index (χ1v) is 10.5. The van der Waals surface area contributed by atoms with E-state index < -0.39 is 33.0 Å². The number of nitro groups is 1. The molecule has 0 radical (unpaired) electrons. The normalized spacial score (nSPS) is 12.0. The lowest BCUT2D eigenvalue weighted by atomic mass is 9.97. The highest BCUT2D eigenvalue weighted by molar-refractivity contribution is 7.90. The maximum Gasteiger partial charge on any atom is 0.408 e. The van der Waals surface area contributed by atoms with Gasteiger partial charge in [-0.15, -0.1) is 0 Å². The van der Waals surface area contributed by atoms with Crippen LogP contribution in [0, 0.1) is 10.1 Å². The minimum Gasteiger partial charge on any atom is -0.267 e. The van der Waals surface area contributed by atoms with Crippen LogP contribution in [0.25, 0.3) is 22.3 Å². The quantitative estimate of drug-likeness (QED) is 0.432. The number of halogens is 3. The first kappa shape index (κ1) is 22.2. The minimum atomic E-state index is -4.71. The van der Waals surface area contributed by atoms with Gasteiger partial charge in [-0.25, -0.2) is 13.1 Å². The molecule has 3 rings (SSSR count). The molecule has 0 N–H and O–H groups in total. The zero-order valence-corrected chi connectivity index (χ0v) is 16.6. The van der Waals surface area contributed by atoms with E-state index in [0.29, 0.717) is 5.56 Å². The van der Waals surface area contributed by atoms with E-state index >= 15 is 0 Å². The lowest BCUT2D eigenvalue weighted by molar-refractivity contribution is -0.384. The molecule has 0 fully saturated rings. The Balaban J connectivity index is 2.27. The molecule has 0 bridgehead atoms. The van der Waals surface area contributed by atoms with Gasteiger partial charge in [-0.2, -0.15) is 18.3 Å². The van der Waals surface area contributed by atoms with Crippen molar-refractivity contribution in [3.63, 3.8) is 0 Å². The number of non-ortho nitro benzene ring substituents is 1. The van der Waals surface area contributed by atoms with Crippen LogP contribution in [0.4, 0.5) is 18.9 Å². The molecule has 3 aromatic rings. The summed E-state index contributed by atoms with van der Waals surface area (Å²) < 4.78 is 62.1. The molecule has 31 heavy (non-hydrogen) atoms. The fourth-order valence-electron chi connectivity index (χ4n) is 2.93. The summed E-state index contributed by atoms with van der Waals surface area (Å²) in [6.07, 6.45) is -2.66. The number of nitro benzene ring substituents is 1. The van der Waals surface area contributed by atoms with Crippen molar-refractivity contribution in [2.45, 2.75) is 17.6 Å². The van der Waals surface area contributed by atoms with Gasteiger partial charge in [-0.3, -0.25) is 14.9 Å². The molecule has 8 nitrogen and oxygen atoms in total. The van der Waals surface area contributed by atoms with Crippen LogP contribution in [-0.2, 0) is 16.4 Å². The van der Waals surface area contributed by atoms with E-state index in [9.17, 15) is 36.5 Å². The highest BCUT2D eigenvalue weighted by atomic mass is 32.2. The summed E-state index contributed by atoms with van der Waals surface area (Å²) in [5.74, 6) is 0. The molecular formula is C19H14F3N3O5S. The van der Waals surface area contributed by atoms with Crippen LogP contribution in [0.15, 0.2) is 64.4 Å². The summed E-state index contributed by atoms with van der Waals surface area (Å²) in [7, 11) is -3.50. The van der Waals surface area contributed by atoms with Crippen molar-refractivity contribution in [3.8, 4) is 22.3 Å². The summed E-state index contributed by atoms with van der Waals surface area (Å²) in [5, 5.41) is 14.7. The molecule has 0 amide bonds. The molecule has 0 saturated heterocycles. The second kappa shape index (κ2) is 7.95. The number of alkyl halides is 3. The average Bonchev–Trinajstić information content (AvgIpc) is 2.68. The van der Waals surface area contributed by atoms with Gasteiger partial charge >= 0.3 is 6.18 Å². The third kappa shape index (κ3) is 4.97.